The van der Waals surface area contributed by atoms with E-state index in [0.717, 1.165) is 41.5 Å². The van der Waals surface area contributed by atoms with Crippen molar-refractivity contribution in [2.24, 2.45) is 0 Å². The molecule has 2 aromatic rings. The van der Waals surface area contributed by atoms with Crippen LogP contribution in [0.5, 0.6) is 0 Å². The molecule has 15 atom stereocenters. The van der Waals surface area contributed by atoms with Crippen LogP contribution in [0.15, 0.2) is 60.7 Å². The van der Waals surface area contributed by atoms with E-state index < -0.39 is 161 Å². The Kier molecular flexibility index (Phi) is 21.0. The Bertz CT molecular complexity index is 2230. The fraction of sp³-hybridized carbons (Fsp3) is 0.592. The summed E-state index contributed by atoms with van der Waals surface area (Å²) in [5.74, 6) is -6.82. The molecule has 73 heavy (non-hydrogen) atoms. The number of esters is 7. The highest BCUT2D eigenvalue weighted by molar-refractivity contribution is 6.76. The van der Waals surface area contributed by atoms with Crippen LogP contribution in [0.25, 0.3) is 0 Å². The number of aliphatic hydroxyl groups is 1. The number of rotatable bonds is 20. The molecule has 1 amide bonds. The molecular formula is C49H65NO22Si. The number of carbonyl (C=O) groups excluding carboxylic acids is 8. The van der Waals surface area contributed by atoms with Gasteiger partial charge in [-0.3, -0.25) is 28.8 Å². The van der Waals surface area contributed by atoms with Crippen molar-refractivity contribution >= 4 is 55.8 Å². The summed E-state index contributed by atoms with van der Waals surface area (Å²) in [5.41, 5.74) is 0.244. The lowest BCUT2D eigenvalue weighted by molar-refractivity contribution is -0.364. The maximum Gasteiger partial charge on any atom is 0.338 e. The van der Waals surface area contributed by atoms with Gasteiger partial charge in [-0.2, -0.15) is 0 Å². The summed E-state index contributed by atoms with van der Waals surface area (Å²) in [6.45, 7) is 13.2. The average Bonchev–Trinajstić information content (AvgIpc) is 3.30. The Labute approximate surface area is 422 Å². The Morgan fingerprint density at radius 3 is 1.45 bits per heavy atom. The molecule has 0 saturated carbocycles. The van der Waals surface area contributed by atoms with Crippen LogP contribution in [0, 0.1) is 0 Å². The summed E-state index contributed by atoms with van der Waals surface area (Å²) in [6.07, 6.45) is -22.9. The zero-order chi connectivity index (χ0) is 53.7. The normalized spacial score (nSPS) is 30.1. The van der Waals surface area contributed by atoms with Crippen LogP contribution in [0.3, 0.4) is 0 Å². The van der Waals surface area contributed by atoms with Crippen molar-refractivity contribution in [2.45, 2.75) is 166 Å². The van der Waals surface area contributed by atoms with Crippen molar-refractivity contribution in [2.75, 3.05) is 19.8 Å². The third kappa shape index (κ3) is 16.8. The smallest absolute Gasteiger partial charge is 0.338 e. The van der Waals surface area contributed by atoms with Gasteiger partial charge in [0.25, 0.3) is 0 Å². The van der Waals surface area contributed by atoms with E-state index in [1.807, 2.05) is 0 Å². The number of aliphatic hydroxyl groups excluding tert-OH is 1. The SMILES string of the molecule is CC(=O)N[C@H]1[C@@H](O[C@@H]2[C@@H](OC(=O)c3ccccc3)[C@H](C)O[C@@H](OCC[Si](C)(C)C)[C@@H]2OC(=O)c2ccccc2)O[C@H](COC(C)=O)[C@@H](OC(C)=O)[C@@H]1O[C@H]1O[C@H](COC(C)=O)[C@H](OC(C)=O)[C@H](OC(C)=O)[C@H]1O. The second kappa shape index (κ2) is 26.4. The van der Waals surface area contributed by atoms with Crippen molar-refractivity contribution in [3.8, 4) is 0 Å². The van der Waals surface area contributed by atoms with Gasteiger partial charge in [0.15, 0.2) is 49.4 Å². The maximum absolute atomic E-state index is 14.1. The van der Waals surface area contributed by atoms with Gasteiger partial charge in [0.1, 0.15) is 49.8 Å². The predicted octanol–water partition coefficient (Wildman–Crippen LogP) is 2.54. The van der Waals surface area contributed by atoms with Crippen molar-refractivity contribution in [3.63, 3.8) is 0 Å². The Hall–Kier alpha value is -5.86. The molecule has 24 heteroatoms. The quantitative estimate of drug-likeness (QED) is 0.109. The van der Waals surface area contributed by atoms with E-state index in [0.29, 0.717) is 6.04 Å². The van der Waals surface area contributed by atoms with E-state index in [4.69, 9.17) is 61.6 Å². The van der Waals surface area contributed by atoms with E-state index in [2.05, 4.69) is 25.0 Å². The Morgan fingerprint density at radius 2 is 0.986 bits per heavy atom. The van der Waals surface area contributed by atoms with Crippen LogP contribution in [0.1, 0.15) is 69.2 Å². The van der Waals surface area contributed by atoms with E-state index in [1.165, 1.54) is 24.3 Å². The average molecular weight is 1050 g/mol. The lowest BCUT2D eigenvalue weighted by atomic mass is 9.94. The molecule has 3 heterocycles. The lowest BCUT2D eigenvalue weighted by Gasteiger charge is -2.50. The van der Waals surface area contributed by atoms with Crippen LogP contribution in [0.2, 0.25) is 25.7 Å². The highest BCUT2D eigenvalue weighted by atomic mass is 28.3. The molecule has 3 fully saturated rings. The predicted molar refractivity (Wildman–Crippen MR) is 250 cm³/mol. The van der Waals surface area contributed by atoms with Gasteiger partial charge in [-0.1, -0.05) is 56.0 Å². The summed E-state index contributed by atoms with van der Waals surface area (Å²) in [5, 5.41) is 14.6. The molecule has 3 aliphatic heterocycles. The summed E-state index contributed by atoms with van der Waals surface area (Å²) >= 11 is 0. The summed E-state index contributed by atoms with van der Waals surface area (Å²) in [7, 11) is -1.76. The third-order valence-corrected chi connectivity index (χ3v) is 13.1. The molecule has 3 saturated heterocycles. The molecule has 0 bridgehead atoms. The summed E-state index contributed by atoms with van der Waals surface area (Å²) in [4.78, 5) is 104. The molecule has 0 aliphatic carbocycles. The van der Waals surface area contributed by atoms with E-state index >= 15 is 0 Å². The minimum atomic E-state index is -2.04. The number of hydrogen-bond acceptors (Lipinski definition) is 22. The lowest BCUT2D eigenvalue weighted by Crippen LogP contribution is -2.70. The molecule has 402 valence electrons. The number of carbonyl (C=O) groups is 8. The topological polar surface area (TPSA) is 289 Å². The first-order valence-corrected chi connectivity index (χ1v) is 27.3. The van der Waals surface area contributed by atoms with Gasteiger partial charge >= 0.3 is 41.8 Å². The van der Waals surface area contributed by atoms with E-state index in [9.17, 15) is 43.5 Å². The second-order valence-corrected chi connectivity index (χ2v) is 24.3. The largest absolute Gasteiger partial charge is 0.463 e. The molecule has 0 radical (unpaired) electrons. The second-order valence-electron chi connectivity index (χ2n) is 18.7. The molecule has 0 spiro atoms. The minimum absolute atomic E-state index is 0.115. The first-order chi connectivity index (χ1) is 34.4. The summed E-state index contributed by atoms with van der Waals surface area (Å²) < 4.78 is 78.3. The maximum atomic E-state index is 14.1. The number of nitrogens with one attached hydrogen (secondary N) is 1. The van der Waals surface area contributed by atoms with Gasteiger partial charge < -0.3 is 72.0 Å². The standard InChI is InChI=1S/C49H65NO22Si/c1-25-38(69-45(58)32-17-13-11-14-18-32)43(44(49(63-25)60-21-22-73(8,9)10)70-46(59)33-19-15-12-16-20-33)72-47-36(50-26(2)51)41(39(64-29(5)54)34(67-47)23-61-27(3)52)71-48-37(57)42(66-31(7)56)40(65-30(6)55)35(68-48)24-62-28(4)53/h11-20,25,34-44,47-49,57H,21-24H2,1-10H3,(H,50,51)/t25-,34+,35+,36+,37+,38-,39+,40-,41+,42+,43+,44+,47+,48+,49+/m0/s1. The van der Waals surface area contributed by atoms with Gasteiger partial charge in [0.2, 0.25) is 5.91 Å². The van der Waals surface area contributed by atoms with E-state index in [1.54, 1.807) is 43.3 Å². The van der Waals surface area contributed by atoms with Crippen LogP contribution in [-0.2, 0) is 90.3 Å². The third-order valence-electron chi connectivity index (χ3n) is 11.4. The zero-order valence-electron chi connectivity index (χ0n) is 42.3. The van der Waals surface area contributed by atoms with Crippen LogP contribution in [0.4, 0.5) is 0 Å². The fourth-order valence-corrected chi connectivity index (χ4v) is 8.84. The van der Waals surface area contributed by atoms with Crippen molar-refractivity contribution < 1.29 is 105 Å². The van der Waals surface area contributed by atoms with Crippen LogP contribution >= 0.6 is 0 Å². The van der Waals surface area contributed by atoms with Crippen molar-refractivity contribution in [1.82, 2.24) is 5.32 Å². The number of ether oxygens (including phenoxy) is 13. The van der Waals surface area contributed by atoms with Gasteiger partial charge in [-0.15, -0.1) is 0 Å². The fourth-order valence-electron chi connectivity index (χ4n) is 8.11. The highest BCUT2D eigenvalue weighted by Gasteiger charge is 2.58. The van der Waals surface area contributed by atoms with Gasteiger partial charge in [-0.25, -0.2) is 9.59 Å². The number of hydrogen-bond donors (Lipinski definition) is 2. The van der Waals surface area contributed by atoms with Gasteiger partial charge in [0, 0.05) is 56.2 Å². The highest BCUT2D eigenvalue weighted by Crippen LogP contribution is 2.37. The minimum Gasteiger partial charge on any atom is -0.463 e. The first-order valence-electron chi connectivity index (χ1n) is 23.6. The molecule has 0 unspecified atom stereocenters. The number of amides is 1. The molecule has 0 aromatic heterocycles. The molecule has 5 rings (SSSR count). The van der Waals surface area contributed by atoms with Crippen LogP contribution < -0.4 is 5.32 Å². The first kappa shape index (κ1) is 58.0. The molecule has 2 N–H and O–H groups in total. The Balaban J connectivity index is 1.68. The van der Waals surface area contributed by atoms with Gasteiger partial charge in [0.05, 0.1) is 17.2 Å². The summed E-state index contributed by atoms with van der Waals surface area (Å²) in [6, 6.07) is 14.8. The molecule has 2 aromatic carbocycles. The van der Waals surface area contributed by atoms with Crippen molar-refractivity contribution in [3.05, 3.63) is 71.8 Å². The zero-order valence-corrected chi connectivity index (χ0v) is 43.3. The molecule has 23 nitrogen and oxygen atoms in total. The molecular weight excluding hydrogens is 983 g/mol. The van der Waals surface area contributed by atoms with Crippen LogP contribution in [-0.4, -0.2) is 173 Å². The Morgan fingerprint density at radius 1 is 0.534 bits per heavy atom. The van der Waals surface area contributed by atoms with Crippen molar-refractivity contribution in [1.29, 1.82) is 0 Å². The number of benzene rings is 2. The molecule has 3 aliphatic rings. The monoisotopic (exact) mass is 1050 g/mol. The van der Waals surface area contributed by atoms with E-state index in [-0.39, 0.29) is 17.7 Å². The van der Waals surface area contributed by atoms with Gasteiger partial charge in [-0.05, 0) is 37.2 Å².